The number of allylic oxidation sites excluding steroid dienone is 1. The maximum absolute atomic E-state index is 13.0. The summed E-state index contributed by atoms with van der Waals surface area (Å²) in [6.07, 6.45) is -8.07. The van der Waals surface area contributed by atoms with Gasteiger partial charge in [-0.05, 0) is 56.4 Å². The molecule has 0 radical (unpaired) electrons. The fourth-order valence-electron chi connectivity index (χ4n) is 4.59. The number of nitrogens with one attached hydrogen (secondary N) is 1. The van der Waals surface area contributed by atoms with Gasteiger partial charge in [0.2, 0.25) is 0 Å². The van der Waals surface area contributed by atoms with Crippen molar-refractivity contribution in [3.05, 3.63) is 53.1 Å². The zero-order chi connectivity index (χ0) is 26.5. The highest BCUT2D eigenvalue weighted by Gasteiger charge is 2.61. The molecule has 1 aliphatic carbocycles. The third kappa shape index (κ3) is 5.53. The number of hydrogen-bond acceptors (Lipinski definition) is 5. The Balaban J connectivity index is 1.43. The number of anilines is 1. The van der Waals surface area contributed by atoms with Crippen LogP contribution in [0.1, 0.15) is 43.7 Å². The highest BCUT2D eigenvalue weighted by atomic mass is 19.4. The minimum absolute atomic E-state index is 0.0331. The van der Waals surface area contributed by atoms with Crippen LogP contribution in [-0.4, -0.2) is 36.5 Å². The van der Waals surface area contributed by atoms with Gasteiger partial charge in [-0.2, -0.15) is 26.3 Å². The fraction of sp³-hybridized carbons (Fsp3) is 0.500. The second-order valence-corrected chi connectivity index (χ2v) is 9.29. The lowest BCUT2D eigenvalue weighted by Crippen LogP contribution is -2.29. The molecular formula is C24H23F6NO5. The molecule has 2 fully saturated rings. The van der Waals surface area contributed by atoms with Crippen molar-refractivity contribution in [1.82, 2.24) is 0 Å². The van der Waals surface area contributed by atoms with E-state index in [0.29, 0.717) is 49.0 Å². The Morgan fingerprint density at radius 2 is 1.81 bits per heavy atom. The monoisotopic (exact) mass is 519 g/mol. The number of alkyl halides is 6. The van der Waals surface area contributed by atoms with E-state index in [2.05, 4.69) is 6.58 Å². The number of carbonyl (C=O) groups is 2. The first kappa shape index (κ1) is 26.1. The third-order valence-corrected chi connectivity index (χ3v) is 6.66. The summed E-state index contributed by atoms with van der Waals surface area (Å²) in [5.74, 6) is -0.770. The number of ether oxygens (including phenoxy) is 3. The van der Waals surface area contributed by atoms with Gasteiger partial charge in [-0.25, -0.2) is 9.59 Å². The molecule has 2 aliphatic heterocycles. The molecule has 6 nitrogen and oxygen atoms in total. The van der Waals surface area contributed by atoms with Crippen LogP contribution in [0.15, 0.2) is 42.0 Å². The quantitative estimate of drug-likeness (QED) is 0.174. The van der Waals surface area contributed by atoms with E-state index in [-0.39, 0.29) is 24.7 Å². The van der Waals surface area contributed by atoms with Crippen molar-refractivity contribution < 1.29 is 50.1 Å². The predicted molar refractivity (Wildman–Crippen MR) is 114 cm³/mol. The first-order valence-corrected chi connectivity index (χ1v) is 11.2. The van der Waals surface area contributed by atoms with Crippen molar-refractivity contribution in [2.45, 2.75) is 62.8 Å². The van der Waals surface area contributed by atoms with Crippen molar-refractivity contribution in [2.75, 3.05) is 11.9 Å². The Labute approximate surface area is 202 Å². The van der Waals surface area contributed by atoms with Crippen LogP contribution in [0, 0.1) is 5.92 Å². The molecule has 0 bridgehead atoms. The number of amides is 1. The zero-order valence-corrected chi connectivity index (χ0v) is 19.1. The average Bonchev–Trinajstić information content (AvgIpc) is 3.36. The molecule has 196 valence electrons. The molecule has 1 N–H and O–H groups in total. The number of epoxide rings is 1. The molecule has 1 aromatic rings. The maximum Gasteiger partial charge on any atom is 0.416 e. The van der Waals surface area contributed by atoms with Gasteiger partial charge in [0.1, 0.15) is 18.8 Å². The summed E-state index contributed by atoms with van der Waals surface area (Å²) in [5, 5.41) is 1.94. The van der Waals surface area contributed by atoms with Crippen molar-refractivity contribution in [3.8, 4) is 0 Å². The second kappa shape index (κ2) is 9.13. The minimum atomic E-state index is -5.05. The van der Waals surface area contributed by atoms with Gasteiger partial charge in [0.25, 0.3) is 0 Å². The number of halogens is 6. The summed E-state index contributed by atoms with van der Waals surface area (Å²) >= 11 is 0. The van der Waals surface area contributed by atoms with Crippen LogP contribution in [0.2, 0.25) is 0 Å². The van der Waals surface area contributed by atoms with Gasteiger partial charge >= 0.3 is 24.4 Å². The van der Waals surface area contributed by atoms with E-state index in [9.17, 15) is 35.9 Å². The van der Waals surface area contributed by atoms with Gasteiger partial charge in [0.15, 0.2) is 0 Å². The van der Waals surface area contributed by atoms with Crippen molar-refractivity contribution in [1.29, 1.82) is 0 Å². The Bertz CT molecular complexity index is 1080. The van der Waals surface area contributed by atoms with Crippen LogP contribution in [0.3, 0.4) is 0 Å². The van der Waals surface area contributed by atoms with E-state index in [0.717, 1.165) is 0 Å². The molecule has 2 saturated heterocycles. The minimum Gasteiger partial charge on any atom is -0.455 e. The Morgan fingerprint density at radius 3 is 2.42 bits per heavy atom. The van der Waals surface area contributed by atoms with E-state index < -0.39 is 52.9 Å². The van der Waals surface area contributed by atoms with Crippen LogP contribution in [-0.2, 0) is 31.4 Å². The van der Waals surface area contributed by atoms with E-state index in [1.807, 2.05) is 18.3 Å². The number of fused-ring (bicyclic) bond motifs is 3. The molecule has 0 saturated carbocycles. The molecule has 0 aromatic heterocycles. The number of rotatable bonds is 3. The summed E-state index contributed by atoms with van der Waals surface area (Å²) in [4.78, 5) is 24.3. The van der Waals surface area contributed by atoms with E-state index in [1.54, 1.807) is 0 Å². The van der Waals surface area contributed by atoms with Crippen LogP contribution in [0.4, 0.5) is 36.8 Å². The van der Waals surface area contributed by atoms with Gasteiger partial charge in [-0.1, -0.05) is 12.7 Å². The average molecular weight is 519 g/mol. The zero-order valence-electron chi connectivity index (χ0n) is 19.1. The summed E-state index contributed by atoms with van der Waals surface area (Å²) < 4.78 is 94.6. The molecular weight excluding hydrogens is 496 g/mol. The molecule has 1 aromatic carbocycles. The molecule has 4 atom stereocenters. The largest absolute Gasteiger partial charge is 0.455 e. The van der Waals surface area contributed by atoms with Gasteiger partial charge in [0, 0.05) is 17.2 Å². The van der Waals surface area contributed by atoms with Crippen LogP contribution < -0.4 is 5.32 Å². The maximum atomic E-state index is 13.0. The SMILES string of the molecule is C=C1C(=O)O[C@@H]2[C@H]3O[C@]3(C)CCC=C(COC(=O)Nc3cc(C(F)(F)F)cc(C(F)(F)F)c3)CC[C@@H]12. The molecule has 0 unspecified atom stereocenters. The number of hydrogen-bond donors (Lipinski definition) is 1. The molecule has 36 heavy (non-hydrogen) atoms. The van der Waals surface area contributed by atoms with Gasteiger partial charge in [0.05, 0.1) is 16.7 Å². The normalized spacial score (nSPS) is 28.4. The standard InChI is InChI=1S/C24H23F6NO5/c1-12-17-6-5-13(4-3-7-22(2)19(36-22)18(17)35-20(12)32)11-34-21(33)31-16-9-14(23(25,26)27)8-15(10-16)24(28,29)30/h4,8-10,17-19H,1,3,5-7,11H2,2H3,(H,31,33)/t17-,18-,19+,22+/m0/s1. The fourth-order valence-corrected chi connectivity index (χ4v) is 4.59. The molecule has 0 spiro atoms. The molecule has 12 heteroatoms. The lowest BCUT2D eigenvalue weighted by Gasteiger charge is -2.20. The van der Waals surface area contributed by atoms with E-state index in [1.165, 1.54) is 0 Å². The Morgan fingerprint density at radius 1 is 1.17 bits per heavy atom. The van der Waals surface area contributed by atoms with Crippen molar-refractivity contribution >= 4 is 17.7 Å². The summed E-state index contributed by atoms with van der Waals surface area (Å²) in [7, 11) is 0. The summed E-state index contributed by atoms with van der Waals surface area (Å²) in [5.41, 5.74) is -3.27. The van der Waals surface area contributed by atoms with Crippen LogP contribution in [0.5, 0.6) is 0 Å². The number of carbonyl (C=O) groups excluding carboxylic acids is 2. The summed E-state index contributed by atoms with van der Waals surface area (Å²) in [6, 6.07) is 0.762. The second-order valence-electron chi connectivity index (χ2n) is 9.29. The van der Waals surface area contributed by atoms with Crippen molar-refractivity contribution in [2.24, 2.45) is 5.92 Å². The Hall–Kier alpha value is -3.02. The van der Waals surface area contributed by atoms with E-state index in [4.69, 9.17) is 14.2 Å². The van der Waals surface area contributed by atoms with Gasteiger partial charge in [-0.3, -0.25) is 5.32 Å². The molecule has 3 aliphatic rings. The molecule has 1 amide bonds. The third-order valence-electron chi connectivity index (χ3n) is 6.66. The smallest absolute Gasteiger partial charge is 0.416 e. The molecule has 4 rings (SSSR count). The topological polar surface area (TPSA) is 77.2 Å². The first-order chi connectivity index (χ1) is 16.7. The van der Waals surface area contributed by atoms with Crippen LogP contribution >= 0.6 is 0 Å². The lowest BCUT2D eigenvalue weighted by molar-refractivity contribution is -0.143. The van der Waals surface area contributed by atoms with Gasteiger partial charge in [-0.15, -0.1) is 0 Å². The Kier molecular flexibility index (Phi) is 6.61. The lowest BCUT2D eigenvalue weighted by atomic mass is 9.84. The van der Waals surface area contributed by atoms with Crippen molar-refractivity contribution in [3.63, 3.8) is 0 Å². The van der Waals surface area contributed by atoms with Crippen LogP contribution in [0.25, 0.3) is 0 Å². The predicted octanol–water partition coefficient (Wildman–Crippen LogP) is 6.03. The van der Waals surface area contributed by atoms with E-state index >= 15 is 0 Å². The summed E-state index contributed by atoms with van der Waals surface area (Å²) in [6.45, 7) is 5.48. The number of benzene rings is 1. The van der Waals surface area contributed by atoms with Gasteiger partial charge < -0.3 is 14.2 Å². The highest BCUT2D eigenvalue weighted by molar-refractivity contribution is 5.91. The number of esters is 1. The molecule has 2 heterocycles. The highest BCUT2D eigenvalue weighted by Crippen LogP contribution is 2.49. The first-order valence-electron chi connectivity index (χ1n) is 11.2.